The molecule has 0 aromatic carbocycles. The molecule has 0 aromatic heterocycles. The first-order valence-corrected chi connectivity index (χ1v) is 5.98. The number of carbonyl (C=O) groups excluding carboxylic acids is 1. The summed E-state index contributed by atoms with van der Waals surface area (Å²) in [5.74, 6) is -1.04. The van der Waals surface area contributed by atoms with E-state index in [0.29, 0.717) is 12.8 Å². The van der Waals surface area contributed by atoms with E-state index in [4.69, 9.17) is 5.11 Å². The highest BCUT2D eigenvalue weighted by Crippen LogP contribution is 2.46. The van der Waals surface area contributed by atoms with Crippen LogP contribution < -0.4 is 5.32 Å². The number of hydrogen-bond acceptors (Lipinski definition) is 3. The molecule has 0 spiro atoms. The molecular weight excluding hydrogens is 220 g/mol. The molecule has 1 aliphatic rings. The van der Waals surface area contributed by atoms with Gasteiger partial charge >= 0.3 is 5.97 Å². The standard InChI is InChI=1S/C12H22N2O3/c1-8(2)9(7-14(3)4)13-10(15)12(5-6-12)11(16)17/h8-9H,5-7H2,1-4H3,(H,13,15)(H,16,17). The lowest BCUT2D eigenvalue weighted by Gasteiger charge is -2.26. The minimum Gasteiger partial charge on any atom is -0.480 e. The second kappa shape index (κ2) is 5.04. The molecule has 1 amide bonds. The Balaban J connectivity index is 2.62. The number of amides is 1. The smallest absolute Gasteiger partial charge is 0.319 e. The summed E-state index contributed by atoms with van der Waals surface area (Å²) in [6.07, 6.45) is 0.919. The van der Waals surface area contributed by atoms with Gasteiger partial charge in [0, 0.05) is 12.6 Å². The van der Waals surface area contributed by atoms with Gasteiger partial charge in [-0.15, -0.1) is 0 Å². The largest absolute Gasteiger partial charge is 0.480 e. The second-order valence-corrected chi connectivity index (χ2v) is 5.47. The number of carbonyl (C=O) groups is 2. The van der Waals surface area contributed by atoms with Crippen LogP contribution in [0.15, 0.2) is 0 Å². The summed E-state index contributed by atoms with van der Waals surface area (Å²) >= 11 is 0. The van der Waals surface area contributed by atoms with Crippen molar-refractivity contribution in [2.75, 3.05) is 20.6 Å². The van der Waals surface area contributed by atoms with Crippen LogP contribution in [0.4, 0.5) is 0 Å². The molecule has 1 aliphatic carbocycles. The third-order valence-electron chi connectivity index (χ3n) is 3.28. The van der Waals surface area contributed by atoms with Crippen molar-refractivity contribution in [1.82, 2.24) is 10.2 Å². The van der Waals surface area contributed by atoms with Crippen LogP contribution in [-0.4, -0.2) is 48.6 Å². The Morgan fingerprint density at radius 1 is 1.35 bits per heavy atom. The van der Waals surface area contributed by atoms with Gasteiger partial charge in [-0.3, -0.25) is 9.59 Å². The maximum atomic E-state index is 12.0. The lowest BCUT2D eigenvalue weighted by Crippen LogP contribution is -2.49. The Labute approximate surface area is 102 Å². The van der Waals surface area contributed by atoms with E-state index >= 15 is 0 Å². The molecule has 1 saturated carbocycles. The average Bonchev–Trinajstić information content (AvgIpc) is 2.95. The summed E-state index contributed by atoms with van der Waals surface area (Å²) in [5.41, 5.74) is -1.14. The molecule has 0 aliphatic heterocycles. The minimum atomic E-state index is -1.14. The van der Waals surface area contributed by atoms with Gasteiger partial charge < -0.3 is 15.3 Å². The number of likely N-dealkylation sites (N-methyl/N-ethyl adjacent to an activating group) is 1. The Hall–Kier alpha value is -1.10. The van der Waals surface area contributed by atoms with E-state index in [9.17, 15) is 9.59 Å². The Morgan fingerprint density at radius 2 is 1.88 bits per heavy atom. The number of aliphatic carboxylic acids is 1. The molecular formula is C12H22N2O3. The zero-order chi connectivity index (χ0) is 13.2. The fraction of sp³-hybridized carbons (Fsp3) is 0.833. The Morgan fingerprint density at radius 3 is 2.18 bits per heavy atom. The zero-order valence-electron chi connectivity index (χ0n) is 11.0. The third-order valence-corrected chi connectivity index (χ3v) is 3.28. The Bertz CT molecular complexity index is 309. The highest BCUT2D eigenvalue weighted by Gasteiger charge is 2.57. The number of carboxylic acids is 1. The number of carboxylic acid groups (broad SMARTS) is 1. The van der Waals surface area contributed by atoms with Crippen LogP contribution in [-0.2, 0) is 9.59 Å². The van der Waals surface area contributed by atoms with Crippen LogP contribution in [0.3, 0.4) is 0 Å². The van der Waals surface area contributed by atoms with E-state index in [0.717, 1.165) is 6.54 Å². The van der Waals surface area contributed by atoms with E-state index < -0.39 is 11.4 Å². The maximum Gasteiger partial charge on any atom is 0.319 e. The second-order valence-electron chi connectivity index (χ2n) is 5.47. The number of nitrogens with zero attached hydrogens (tertiary/aromatic N) is 1. The number of rotatable bonds is 6. The van der Waals surface area contributed by atoms with Crippen molar-refractivity contribution in [1.29, 1.82) is 0 Å². The van der Waals surface area contributed by atoms with Crippen LogP contribution >= 0.6 is 0 Å². The molecule has 1 rings (SSSR count). The molecule has 1 unspecified atom stereocenters. The normalized spacial score (nSPS) is 19.2. The van der Waals surface area contributed by atoms with Crippen LogP contribution in [0.5, 0.6) is 0 Å². The van der Waals surface area contributed by atoms with Crippen LogP contribution in [0.25, 0.3) is 0 Å². The number of hydrogen-bond donors (Lipinski definition) is 2. The van der Waals surface area contributed by atoms with Gasteiger partial charge in [0.2, 0.25) is 5.91 Å². The fourth-order valence-corrected chi connectivity index (χ4v) is 1.79. The summed E-state index contributed by atoms with van der Waals surface area (Å²) < 4.78 is 0. The molecule has 5 heteroatoms. The lowest BCUT2D eigenvalue weighted by molar-refractivity contribution is -0.149. The zero-order valence-corrected chi connectivity index (χ0v) is 11.0. The van der Waals surface area contributed by atoms with Gasteiger partial charge in [0.15, 0.2) is 0 Å². The quantitative estimate of drug-likeness (QED) is 0.667. The predicted octanol–water partition coefficient (Wildman–Crippen LogP) is 0.554. The Kier molecular flexibility index (Phi) is 4.14. The molecule has 0 aromatic rings. The summed E-state index contributed by atoms with van der Waals surface area (Å²) in [5, 5.41) is 11.9. The fourth-order valence-electron chi connectivity index (χ4n) is 1.79. The molecule has 0 radical (unpaired) electrons. The summed E-state index contributed by atoms with van der Waals surface area (Å²) in [6, 6.07) is -0.00525. The van der Waals surface area contributed by atoms with Crippen molar-refractivity contribution < 1.29 is 14.7 Å². The monoisotopic (exact) mass is 242 g/mol. The summed E-state index contributed by atoms with van der Waals surface area (Å²) in [4.78, 5) is 25.0. The SMILES string of the molecule is CC(C)C(CN(C)C)NC(=O)C1(C(=O)O)CC1. The van der Waals surface area contributed by atoms with Gasteiger partial charge in [0.05, 0.1) is 0 Å². The molecule has 0 bridgehead atoms. The van der Waals surface area contributed by atoms with Crippen LogP contribution in [0, 0.1) is 11.3 Å². The first kappa shape index (κ1) is 14.0. The molecule has 1 atom stereocenters. The summed E-state index contributed by atoms with van der Waals surface area (Å²) in [7, 11) is 3.87. The minimum absolute atomic E-state index is 0.00525. The summed E-state index contributed by atoms with van der Waals surface area (Å²) in [6.45, 7) is 4.77. The number of nitrogens with one attached hydrogen (secondary N) is 1. The molecule has 1 fully saturated rings. The third kappa shape index (κ3) is 3.19. The van der Waals surface area contributed by atoms with Crippen molar-refractivity contribution in [2.45, 2.75) is 32.7 Å². The highest BCUT2D eigenvalue weighted by atomic mass is 16.4. The van der Waals surface area contributed by atoms with Gasteiger partial charge in [-0.05, 0) is 32.9 Å². The molecule has 2 N–H and O–H groups in total. The maximum absolute atomic E-state index is 12.0. The van der Waals surface area contributed by atoms with Crippen molar-refractivity contribution in [3.8, 4) is 0 Å². The van der Waals surface area contributed by atoms with E-state index in [2.05, 4.69) is 5.32 Å². The van der Waals surface area contributed by atoms with Gasteiger partial charge in [-0.1, -0.05) is 13.8 Å². The van der Waals surface area contributed by atoms with Crippen LogP contribution in [0.2, 0.25) is 0 Å². The van der Waals surface area contributed by atoms with Crippen molar-refractivity contribution >= 4 is 11.9 Å². The van der Waals surface area contributed by atoms with E-state index in [1.165, 1.54) is 0 Å². The van der Waals surface area contributed by atoms with E-state index in [-0.39, 0.29) is 17.9 Å². The molecule has 5 nitrogen and oxygen atoms in total. The molecule has 98 valence electrons. The first-order valence-electron chi connectivity index (χ1n) is 5.98. The predicted molar refractivity (Wildman–Crippen MR) is 64.6 cm³/mol. The van der Waals surface area contributed by atoms with Crippen molar-refractivity contribution in [3.63, 3.8) is 0 Å². The average molecular weight is 242 g/mol. The highest BCUT2D eigenvalue weighted by molar-refractivity contribution is 6.04. The molecule has 17 heavy (non-hydrogen) atoms. The topological polar surface area (TPSA) is 69.6 Å². The van der Waals surface area contributed by atoms with Gasteiger partial charge in [-0.25, -0.2) is 0 Å². The van der Waals surface area contributed by atoms with Gasteiger partial charge in [0.25, 0.3) is 0 Å². The van der Waals surface area contributed by atoms with Gasteiger partial charge in [0.1, 0.15) is 5.41 Å². The lowest BCUT2D eigenvalue weighted by atomic mass is 10.0. The molecule has 0 heterocycles. The first-order chi connectivity index (χ1) is 7.79. The van der Waals surface area contributed by atoms with E-state index in [1.807, 2.05) is 32.8 Å². The van der Waals surface area contributed by atoms with Gasteiger partial charge in [-0.2, -0.15) is 0 Å². The van der Waals surface area contributed by atoms with Crippen LogP contribution in [0.1, 0.15) is 26.7 Å². The van der Waals surface area contributed by atoms with Crippen molar-refractivity contribution in [2.24, 2.45) is 11.3 Å². The van der Waals surface area contributed by atoms with E-state index in [1.54, 1.807) is 0 Å². The van der Waals surface area contributed by atoms with Crippen molar-refractivity contribution in [3.05, 3.63) is 0 Å². The molecule has 0 saturated heterocycles.